The number of thioether (sulfide) groups is 1. The highest BCUT2D eigenvalue weighted by atomic mass is 32.2. The third-order valence-corrected chi connectivity index (χ3v) is 7.24. The van der Waals surface area contributed by atoms with Gasteiger partial charge in [0.1, 0.15) is 5.82 Å². The average molecular weight is 484 g/mol. The fraction of sp³-hybridized carbons (Fsp3) is 0.304. The van der Waals surface area contributed by atoms with Crippen LogP contribution in [0, 0.1) is 12.7 Å². The van der Waals surface area contributed by atoms with Crippen LogP contribution in [0.15, 0.2) is 47.6 Å². The van der Waals surface area contributed by atoms with Crippen LogP contribution >= 0.6 is 23.1 Å². The van der Waals surface area contributed by atoms with Gasteiger partial charge in [0.2, 0.25) is 5.91 Å². The monoisotopic (exact) mass is 483 g/mol. The Balaban J connectivity index is 1.31. The van der Waals surface area contributed by atoms with Gasteiger partial charge in [-0.15, -0.1) is 21.5 Å². The summed E-state index contributed by atoms with van der Waals surface area (Å²) >= 11 is 2.92. The standard InChI is InChI=1S/C23H22FN5O2S2/c1-14-25-19-9-8-17(11-20(19)33-14)26-21(30)13-32-23-28-27-22(15-4-6-16(24)7-5-15)29(23)12-18-3-2-10-31-18/h4-9,11,18H,2-3,10,12-13H2,1H3,(H,26,30)/t18-/m0/s1. The molecule has 0 radical (unpaired) electrons. The van der Waals surface area contributed by atoms with Crippen LogP contribution in [-0.4, -0.2) is 44.1 Å². The molecule has 170 valence electrons. The summed E-state index contributed by atoms with van der Waals surface area (Å²) in [6.45, 7) is 3.30. The number of hydrogen-bond donors (Lipinski definition) is 1. The fourth-order valence-electron chi connectivity index (χ4n) is 3.81. The van der Waals surface area contributed by atoms with Crippen molar-refractivity contribution < 1.29 is 13.9 Å². The third-order valence-electron chi connectivity index (χ3n) is 5.34. The van der Waals surface area contributed by atoms with Crippen molar-refractivity contribution in [2.45, 2.75) is 37.6 Å². The Bertz CT molecular complexity index is 1280. The first kappa shape index (κ1) is 22.0. The predicted molar refractivity (Wildman–Crippen MR) is 128 cm³/mol. The Morgan fingerprint density at radius 3 is 2.91 bits per heavy atom. The minimum Gasteiger partial charge on any atom is -0.376 e. The SMILES string of the molecule is Cc1nc2ccc(NC(=O)CSc3nnc(-c4ccc(F)cc4)n3C[C@@H]3CCCO3)cc2s1. The van der Waals surface area contributed by atoms with Gasteiger partial charge in [-0.25, -0.2) is 9.37 Å². The van der Waals surface area contributed by atoms with E-state index >= 15 is 0 Å². The van der Waals surface area contributed by atoms with Crippen LogP contribution in [0.4, 0.5) is 10.1 Å². The first-order chi connectivity index (χ1) is 16.0. The number of anilines is 1. The molecule has 1 atom stereocenters. The number of hydrogen-bond acceptors (Lipinski definition) is 7. The smallest absolute Gasteiger partial charge is 0.234 e. The van der Waals surface area contributed by atoms with Crippen molar-refractivity contribution in [3.63, 3.8) is 0 Å². The minimum absolute atomic E-state index is 0.0722. The van der Waals surface area contributed by atoms with Crippen molar-refractivity contribution >= 4 is 44.9 Å². The molecule has 3 heterocycles. The van der Waals surface area contributed by atoms with Crippen molar-refractivity contribution in [3.05, 3.63) is 53.3 Å². The molecule has 0 spiro atoms. The second-order valence-electron chi connectivity index (χ2n) is 7.81. The van der Waals surface area contributed by atoms with Crippen LogP contribution < -0.4 is 5.32 Å². The van der Waals surface area contributed by atoms with E-state index in [0.29, 0.717) is 17.5 Å². The highest BCUT2D eigenvalue weighted by Crippen LogP contribution is 2.28. The van der Waals surface area contributed by atoms with Crippen molar-refractivity contribution in [1.82, 2.24) is 19.7 Å². The summed E-state index contributed by atoms with van der Waals surface area (Å²) in [6.07, 6.45) is 2.06. The molecule has 1 aliphatic heterocycles. The summed E-state index contributed by atoms with van der Waals surface area (Å²) in [5, 5.41) is 13.2. The van der Waals surface area contributed by atoms with Crippen LogP contribution in [0.5, 0.6) is 0 Å². The molecule has 0 aliphatic carbocycles. The van der Waals surface area contributed by atoms with E-state index in [0.717, 1.165) is 45.9 Å². The first-order valence-corrected chi connectivity index (χ1v) is 12.5. The second-order valence-corrected chi connectivity index (χ2v) is 9.99. The van der Waals surface area contributed by atoms with Gasteiger partial charge in [-0.3, -0.25) is 9.36 Å². The Morgan fingerprint density at radius 1 is 1.27 bits per heavy atom. The maximum absolute atomic E-state index is 13.4. The largest absolute Gasteiger partial charge is 0.376 e. The van der Waals surface area contributed by atoms with Gasteiger partial charge in [-0.2, -0.15) is 0 Å². The number of rotatable bonds is 7. The minimum atomic E-state index is -0.304. The van der Waals surface area contributed by atoms with Gasteiger partial charge in [0.25, 0.3) is 0 Å². The number of carbonyl (C=O) groups excluding carboxylic acids is 1. The molecule has 1 fully saturated rings. The van der Waals surface area contributed by atoms with Crippen LogP contribution in [0.25, 0.3) is 21.6 Å². The Labute approximate surface area is 198 Å². The Kier molecular flexibility index (Phi) is 6.39. The number of nitrogens with zero attached hydrogens (tertiary/aromatic N) is 4. The maximum Gasteiger partial charge on any atom is 0.234 e. The Hall–Kier alpha value is -2.82. The number of carbonyl (C=O) groups is 1. The number of aryl methyl sites for hydroxylation is 1. The molecule has 2 aromatic heterocycles. The zero-order valence-corrected chi connectivity index (χ0v) is 19.6. The molecule has 4 aromatic rings. The van der Waals surface area contributed by atoms with Crippen molar-refractivity contribution in [1.29, 1.82) is 0 Å². The summed E-state index contributed by atoms with van der Waals surface area (Å²) in [5.74, 6) is 0.393. The van der Waals surface area contributed by atoms with Gasteiger partial charge in [0, 0.05) is 17.9 Å². The second kappa shape index (κ2) is 9.58. The molecule has 1 amide bonds. The lowest BCUT2D eigenvalue weighted by molar-refractivity contribution is -0.113. The molecule has 0 unspecified atom stereocenters. The zero-order valence-electron chi connectivity index (χ0n) is 18.0. The first-order valence-electron chi connectivity index (χ1n) is 10.7. The van der Waals surface area contributed by atoms with E-state index in [4.69, 9.17) is 4.74 Å². The number of halogens is 1. The van der Waals surface area contributed by atoms with Crippen molar-refractivity contribution in [2.24, 2.45) is 0 Å². The molecule has 5 rings (SSSR count). The lowest BCUT2D eigenvalue weighted by Crippen LogP contribution is -2.18. The van der Waals surface area contributed by atoms with Gasteiger partial charge in [0.05, 0.1) is 33.6 Å². The van der Waals surface area contributed by atoms with Crippen LogP contribution in [0.3, 0.4) is 0 Å². The summed E-state index contributed by atoms with van der Waals surface area (Å²) in [6, 6.07) is 11.9. The van der Waals surface area contributed by atoms with E-state index in [9.17, 15) is 9.18 Å². The van der Waals surface area contributed by atoms with E-state index in [2.05, 4.69) is 20.5 Å². The Morgan fingerprint density at radius 2 is 2.12 bits per heavy atom. The average Bonchev–Trinajstić information content (AvgIpc) is 3.53. The molecular weight excluding hydrogens is 461 g/mol. The van der Waals surface area contributed by atoms with Crippen LogP contribution in [-0.2, 0) is 16.1 Å². The number of amides is 1. The lowest BCUT2D eigenvalue weighted by Gasteiger charge is -2.14. The number of benzene rings is 2. The summed E-state index contributed by atoms with van der Waals surface area (Å²) in [4.78, 5) is 17.1. The number of nitrogens with one attached hydrogen (secondary N) is 1. The lowest BCUT2D eigenvalue weighted by atomic mass is 10.2. The van der Waals surface area contributed by atoms with Gasteiger partial charge >= 0.3 is 0 Å². The molecular formula is C23H22FN5O2S2. The van der Waals surface area contributed by atoms with Crippen molar-refractivity contribution in [3.8, 4) is 11.4 Å². The fourth-order valence-corrected chi connectivity index (χ4v) is 5.42. The maximum atomic E-state index is 13.4. The predicted octanol–water partition coefficient (Wildman–Crippen LogP) is 4.91. The molecule has 1 N–H and O–H groups in total. The highest BCUT2D eigenvalue weighted by molar-refractivity contribution is 7.99. The highest BCUT2D eigenvalue weighted by Gasteiger charge is 2.22. The number of aromatic nitrogens is 4. The molecule has 1 aliphatic rings. The van der Waals surface area contributed by atoms with Crippen LogP contribution in [0.1, 0.15) is 17.8 Å². The number of fused-ring (bicyclic) bond motifs is 1. The molecule has 33 heavy (non-hydrogen) atoms. The van der Waals surface area contributed by atoms with E-state index in [1.807, 2.05) is 29.7 Å². The topological polar surface area (TPSA) is 81.9 Å². The normalized spacial score (nSPS) is 15.9. The van der Waals surface area contributed by atoms with Gasteiger partial charge in [-0.1, -0.05) is 11.8 Å². The molecule has 10 heteroatoms. The van der Waals surface area contributed by atoms with E-state index in [1.165, 1.54) is 23.9 Å². The molecule has 2 aromatic carbocycles. The summed E-state index contributed by atoms with van der Waals surface area (Å²) in [5.41, 5.74) is 2.44. The van der Waals surface area contributed by atoms with E-state index in [-0.39, 0.29) is 23.6 Å². The molecule has 0 saturated carbocycles. The van der Waals surface area contributed by atoms with Gasteiger partial charge in [0.15, 0.2) is 11.0 Å². The van der Waals surface area contributed by atoms with E-state index < -0.39 is 0 Å². The third kappa shape index (κ3) is 5.07. The quantitative estimate of drug-likeness (QED) is 0.376. The van der Waals surface area contributed by atoms with Gasteiger partial charge < -0.3 is 10.1 Å². The van der Waals surface area contributed by atoms with E-state index in [1.54, 1.807) is 23.5 Å². The molecule has 1 saturated heterocycles. The summed E-state index contributed by atoms with van der Waals surface area (Å²) in [7, 11) is 0. The van der Waals surface area contributed by atoms with Crippen molar-refractivity contribution in [2.75, 3.05) is 17.7 Å². The zero-order chi connectivity index (χ0) is 22.8. The number of ether oxygens (including phenoxy) is 1. The molecule has 0 bridgehead atoms. The van der Waals surface area contributed by atoms with Crippen LogP contribution in [0.2, 0.25) is 0 Å². The number of thiazole rings is 1. The van der Waals surface area contributed by atoms with Gasteiger partial charge in [-0.05, 0) is 62.2 Å². The summed E-state index contributed by atoms with van der Waals surface area (Å²) < 4.78 is 22.2. The molecule has 7 nitrogen and oxygen atoms in total.